The molecule has 0 aliphatic rings. The van der Waals surface area contributed by atoms with Gasteiger partial charge in [0.25, 0.3) is 5.91 Å². The topological polar surface area (TPSA) is 57.8 Å². The fourth-order valence-corrected chi connectivity index (χ4v) is 2.71. The average Bonchev–Trinajstić information content (AvgIpc) is 2.99. The largest absolute Gasteiger partial charge is 0.417 e. The third-order valence-electron chi connectivity index (χ3n) is 3.75. The molecule has 0 saturated carbocycles. The quantitative estimate of drug-likeness (QED) is 0.725. The van der Waals surface area contributed by atoms with Crippen LogP contribution >= 0.6 is 11.6 Å². The molecule has 0 saturated heterocycles. The van der Waals surface area contributed by atoms with Crippen molar-refractivity contribution in [1.82, 2.24) is 15.3 Å². The molecule has 2 aromatic heterocycles. The van der Waals surface area contributed by atoms with Crippen LogP contribution in [0.3, 0.4) is 0 Å². The lowest BCUT2D eigenvalue weighted by atomic mass is 10.1. The van der Waals surface area contributed by atoms with Crippen molar-refractivity contribution in [1.29, 1.82) is 0 Å². The summed E-state index contributed by atoms with van der Waals surface area (Å²) in [6, 6.07) is 7.44. The highest BCUT2D eigenvalue weighted by atomic mass is 35.5. The molecule has 1 amide bonds. The number of rotatable bonds is 4. The number of alkyl halides is 3. The van der Waals surface area contributed by atoms with E-state index in [1.165, 1.54) is 0 Å². The molecule has 2 N–H and O–H groups in total. The molecule has 8 heteroatoms. The predicted molar refractivity (Wildman–Crippen MR) is 88.6 cm³/mol. The summed E-state index contributed by atoms with van der Waals surface area (Å²) in [6.07, 6.45) is -1.46. The molecule has 0 aliphatic carbocycles. The van der Waals surface area contributed by atoms with Crippen molar-refractivity contribution >= 4 is 28.4 Å². The van der Waals surface area contributed by atoms with Crippen molar-refractivity contribution in [3.63, 3.8) is 0 Å². The molecule has 0 bridgehead atoms. The maximum Gasteiger partial charge on any atom is 0.417 e. The highest BCUT2D eigenvalue weighted by Gasteiger charge is 2.30. The number of para-hydroxylation sites is 1. The van der Waals surface area contributed by atoms with E-state index in [2.05, 4.69) is 15.3 Å². The van der Waals surface area contributed by atoms with Crippen LogP contribution in [0.1, 0.15) is 21.6 Å². The molecule has 0 fully saturated rings. The van der Waals surface area contributed by atoms with E-state index in [4.69, 9.17) is 11.6 Å². The summed E-state index contributed by atoms with van der Waals surface area (Å²) in [4.78, 5) is 18.6. The zero-order valence-corrected chi connectivity index (χ0v) is 13.6. The van der Waals surface area contributed by atoms with Crippen LogP contribution in [-0.4, -0.2) is 22.4 Å². The third kappa shape index (κ3) is 3.76. The first kappa shape index (κ1) is 17.3. The molecule has 0 unspecified atom stereocenters. The zero-order chi connectivity index (χ0) is 18.0. The molecule has 0 atom stereocenters. The number of carbonyl (C=O) groups is 1. The van der Waals surface area contributed by atoms with Crippen LogP contribution in [0.5, 0.6) is 0 Å². The van der Waals surface area contributed by atoms with Gasteiger partial charge < -0.3 is 10.3 Å². The number of amides is 1. The van der Waals surface area contributed by atoms with E-state index in [1.807, 2.05) is 18.3 Å². The van der Waals surface area contributed by atoms with Gasteiger partial charge in [0.15, 0.2) is 0 Å². The number of pyridine rings is 1. The van der Waals surface area contributed by atoms with E-state index in [0.29, 0.717) is 24.2 Å². The van der Waals surface area contributed by atoms with Crippen molar-refractivity contribution in [3.05, 3.63) is 64.6 Å². The summed E-state index contributed by atoms with van der Waals surface area (Å²) in [6.45, 7) is 0.320. The predicted octanol–water partition coefficient (Wildman–Crippen LogP) is 4.21. The van der Waals surface area contributed by atoms with Crippen LogP contribution in [0.25, 0.3) is 10.9 Å². The Bertz CT molecular complexity index is 904. The van der Waals surface area contributed by atoms with Gasteiger partial charge in [0.2, 0.25) is 0 Å². The number of hydrogen-bond donors (Lipinski definition) is 2. The van der Waals surface area contributed by atoms with E-state index >= 15 is 0 Å². The normalized spacial score (nSPS) is 11.7. The van der Waals surface area contributed by atoms with Gasteiger partial charge in [0.1, 0.15) is 5.69 Å². The maximum absolute atomic E-state index is 12.5. The molecular weight excluding hydrogens is 355 g/mol. The number of nitrogens with zero attached hydrogens (tertiary/aromatic N) is 1. The maximum atomic E-state index is 12.5. The van der Waals surface area contributed by atoms with Crippen LogP contribution in [0, 0.1) is 0 Å². The summed E-state index contributed by atoms with van der Waals surface area (Å²) >= 11 is 6.09. The van der Waals surface area contributed by atoms with Crippen molar-refractivity contribution in [2.45, 2.75) is 12.6 Å². The highest BCUT2D eigenvalue weighted by molar-refractivity contribution is 6.35. The SMILES string of the molecule is O=C(NCCc1c[nH]c2c(Cl)cccc12)c1ccc(C(F)(F)F)cn1. The van der Waals surface area contributed by atoms with Crippen LogP contribution < -0.4 is 5.32 Å². The highest BCUT2D eigenvalue weighted by Crippen LogP contribution is 2.28. The Morgan fingerprint density at radius 1 is 1.24 bits per heavy atom. The summed E-state index contributed by atoms with van der Waals surface area (Å²) in [7, 11) is 0. The van der Waals surface area contributed by atoms with Gasteiger partial charge in [-0.3, -0.25) is 9.78 Å². The minimum absolute atomic E-state index is 0.0602. The number of aromatic nitrogens is 2. The molecule has 0 radical (unpaired) electrons. The van der Waals surface area contributed by atoms with Crippen LogP contribution in [0.4, 0.5) is 13.2 Å². The molecule has 3 rings (SSSR count). The Balaban J connectivity index is 1.61. The number of fused-ring (bicyclic) bond motifs is 1. The monoisotopic (exact) mass is 367 g/mol. The second-order valence-corrected chi connectivity index (χ2v) is 5.82. The number of benzene rings is 1. The average molecular weight is 368 g/mol. The van der Waals surface area contributed by atoms with E-state index in [-0.39, 0.29) is 5.69 Å². The van der Waals surface area contributed by atoms with Crippen molar-refractivity contribution in [2.24, 2.45) is 0 Å². The Morgan fingerprint density at radius 3 is 2.72 bits per heavy atom. The van der Waals surface area contributed by atoms with Crippen LogP contribution in [-0.2, 0) is 12.6 Å². The number of hydrogen-bond acceptors (Lipinski definition) is 2. The smallest absolute Gasteiger partial charge is 0.360 e. The van der Waals surface area contributed by atoms with Crippen LogP contribution in [0.2, 0.25) is 5.02 Å². The van der Waals surface area contributed by atoms with Crippen molar-refractivity contribution < 1.29 is 18.0 Å². The summed E-state index contributed by atoms with van der Waals surface area (Å²) < 4.78 is 37.5. The number of H-pyrrole nitrogens is 1. The first-order valence-electron chi connectivity index (χ1n) is 7.42. The first-order valence-corrected chi connectivity index (χ1v) is 7.80. The molecule has 25 heavy (non-hydrogen) atoms. The second kappa shape index (κ2) is 6.76. The van der Waals surface area contributed by atoms with Gasteiger partial charge in [-0.05, 0) is 30.2 Å². The van der Waals surface area contributed by atoms with E-state index in [0.717, 1.165) is 28.6 Å². The number of carbonyl (C=O) groups excluding carboxylic acids is 1. The first-order chi connectivity index (χ1) is 11.9. The zero-order valence-electron chi connectivity index (χ0n) is 12.8. The van der Waals surface area contributed by atoms with Gasteiger partial charge in [-0.2, -0.15) is 13.2 Å². The van der Waals surface area contributed by atoms with E-state index in [9.17, 15) is 18.0 Å². The third-order valence-corrected chi connectivity index (χ3v) is 4.07. The molecule has 0 spiro atoms. The molecule has 130 valence electrons. The fraction of sp³-hybridized carbons (Fsp3) is 0.176. The summed E-state index contributed by atoms with van der Waals surface area (Å²) in [5, 5.41) is 4.22. The lowest BCUT2D eigenvalue weighted by Crippen LogP contribution is -2.26. The standard InChI is InChI=1S/C17H13ClF3N3O/c18-13-3-1-2-12-10(8-24-15(12)13)6-7-22-16(25)14-5-4-11(9-23-14)17(19,20)21/h1-5,8-9,24H,6-7H2,(H,22,25). The van der Waals surface area contributed by atoms with Gasteiger partial charge in [-0.1, -0.05) is 23.7 Å². The molecular formula is C17H13ClF3N3O. The summed E-state index contributed by atoms with van der Waals surface area (Å²) in [5.41, 5.74) is 0.864. The Labute approximate surface area is 146 Å². The Morgan fingerprint density at radius 2 is 2.04 bits per heavy atom. The number of halogens is 4. The lowest BCUT2D eigenvalue weighted by Gasteiger charge is -2.07. The molecule has 4 nitrogen and oxygen atoms in total. The van der Waals surface area contributed by atoms with Crippen molar-refractivity contribution in [3.8, 4) is 0 Å². The number of nitrogens with one attached hydrogen (secondary N) is 2. The molecule has 3 aromatic rings. The Kier molecular flexibility index (Phi) is 4.67. The van der Waals surface area contributed by atoms with Crippen LogP contribution in [0.15, 0.2) is 42.7 Å². The molecule has 0 aliphatic heterocycles. The van der Waals surface area contributed by atoms with E-state index < -0.39 is 17.6 Å². The fourth-order valence-electron chi connectivity index (χ4n) is 2.48. The van der Waals surface area contributed by atoms with Gasteiger partial charge in [0.05, 0.1) is 16.1 Å². The minimum atomic E-state index is -4.47. The number of aromatic amines is 1. The van der Waals surface area contributed by atoms with Gasteiger partial charge in [0, 0.05) is 24.3 Å². The second-order valence-electron chi connectivity index (χ2n) is 5.41. The summed E-state index contributed by atoms with van der Waals surface area (Å²) in [5.74, 6) is -0.522. The molecule has 2 heterocycles. The van der Waals surface area contributed by atoms with Gasteiger partial charge in [-0.25, -0.2) is 0 Å². The molecule has 1 aromatic carbocycles. The van der Waals surface area contributed by atoms with Crippen molar-refractivity contribution in [2.75, 3.05) is 6.54 Å². The van der Waals surface area contributed by atoms with Gasteiger partial charge in [-0.15, -0.1) is 0 Å². The van der Waals surface area contributed by atoms with E-state index in [1.54, 1.807) is 6.07 Å². The Hall–Kier alpha value is -2.54. The lowest BCUT2D eigenvalue weighted by molar-refractivity contribution is -0.137. The minimum Gasteiger partial charge on any atom is -0.360 e. The van der Waals surface area contributed by atoms with Gasteiger partial charge >= 0.3 is 6.18 Å².